The molecule has 2 aromatic rings. The van der Waals surface area contributed by atoms with Crippen molar-refractivity contribution in [2.45, 2.75) is 13.8 Å². The van der Waals surface area contributed by atoms with Crippen molar-refractivity contribution in [2.75, 3.05) is 0 Å². The fourth-order valence-electron chi connectivity index (χ4n) is 1.36. The highest BCUT2D eigenvalue weighted by Gasteiger charge is 2.10. The van der Waals surface area contributed by atoms with Crippen molar-refractivity contribution >= 4 is 17.3 Å². The number of carboxylic acids is 1. The molecule has 0 spiro atoms. The number of rotatable bonds is 2. The summed E-state index contributed by atoms with van der Waals surface area (Å²) in [6.07, 6.45) is 0. The van der Waals surface area contributed by atoms with Gasteiger partial charge in [0.05, 0.1) is 11.7 Å². The molecule has 0 bridgehead atoms. The van der Waals surface area contributed by atoms with E-state index in [4.69, 9.17) is 0 Å². The number of hydrogen-bond donors (Lipinski definition) is 0. The van der Waals surface area contributed by atoms with Crippen molar-refractivity contribution in [3.05, 3.63) is 34.6 Å². The standard InChI is InChI=1S/C11H10N2O2S/c1-6-3-4-8(9(12-6)11(14)15)10-13-7(2)5-16-10/h3-5H,1-2H3,(H,14,15)/p-1. The van der Waals surface area contributed by atoms with Gasteiger partial charge in [0.2, 0.25) is 0 Å². The zero-order valence-corrected chi connectivity index (χ0v) is 9.67. The van der Waals surface area contributed by atoms with Gasteiger partial charge in [-0.1, -0.05) is 0 Å². The second kappa shape index (κ2) is 4.02. The summed E-state index contributed by atoms with van der Waals surface area (Å²) < 4.78 is 0. The van der Waals surface area contributed by atoms with Crippen molar-refractivity contribution < 1.29 is 9.90 Å². The number of hydrogen-bond acceptors (Lipinski definition) is 5. The topological polar surface area (TPSA) is 65.9 Å². The number of aryl methyl sites for hydroxylation is 2. The molecule has 0 aliphatic carbocycles. The summed E-state index contributed by atoms with van der Waals surface area (Å²) in [7, 11) is 0. The number of aromatic nitrogens is 2. The van der Waals surface area contributed by atoms with Gasteiger partial charge in [0.15, 0.2) is 0 Å². The van der Waals surface area contributed by atoms with Crippen molar-refractivity contribution in [1.29, 1.82) is 0 Å². The summed E-state index contributed by atoms with van der Waals surface area (Å²) in [6.45, 7) is 3.60. The van der Waals surface area contributed by atoms with E-state index in [1.807, 2.05) is 12.3 Å². The van der Waals surface area contributed by atoms with Crippen molar-refractivity contribution in [1.82, 2.24) is 9.97 Å². The van der Waals surface area contributed by atoms with E-state index < -0.39 is 5.97 Å². The highest BCUT2D eigenvalue weighted by molar-refractivity contribution is 7.13. The Labute approximate surface area is 96.6 Å². The van der Waals surface area contributed by atoms with Crippen LogP contribution in [0.3, 0.4) is 0 Å². The minimum atomic E-state index is -1.27. The highest BCUT2D eigenvalue weighted by atomic mass is 32.1. The van der Waals surface area contributed by atoms with E-state index in [2.05, 4.69) is 9.97 Å². The summed E-state index contributed by atoms with van der Waals surface area (Å²) in [4.78, 5) is 19.2. The molecule has 0 atom stereocenters. The van der Waals surface area contributed by atoms with Crippen molar-refractivity contribution in [2.24, 2.45) is 0 Å². The Hall–Kier alpha value is -1.75. The minimum absolute atomic E-state index is 0.0469. The Bertz CT molecular complexity index is 549. The Balaban J connectivity index is 2.60. The van der Waals surface area contributed by atoms with Crippen LogP contribution in [0.25, 0.3) is 10.6 Å². The highest BCUT2D eigenvalue weighted by Crippen LogP contribution is 2.25. The van der Waals surface area contributed by atoms with Gasteiger partial charge >= 0.3 is 0 Å². The van der Waals surface area contributed by atoms with Gasteiger partial charge in [-0.05, 0) is 26.0 Å². The largest absolute Gasteiger partial charge is 0.543 e. The SMILES string of the molecule is Cc1csc(-c2ccc(C)nc2C(=O)[O-])n1. The van der Waals surface area contributed by atoms with Crippen LogP contribution >= 0.6 is 11.3 Å². The zero-order valence-electron chi connectivity index (χ0n) is 8.85. The molecule has 0 saturated carbocycles. The maximum absolute atomic E-state index is 11.0. The first-order chi connectivity index (χ1) is 7.58. The average Bonchev–Trinajstić information content (AvgIpc) is 2.64. The van der Waals surface area contributed by atoms with E-state index in [9.17, 15) is 9.90 Å². The van der Waals surface area contributed by atoms with Crippen LogP contribution in [0, 0.1) is 13.8 Å². The van der Waals surface area contributed by atoms with Gasteiger partial charge in [0.25, 0.3) is 0 Å². The van der Waals surface area contributed by atoms with Crippen LogP contribution in [0.4, 0.5) is 0 Å². The first kappa shape index (κ1) is 10.8. The van der Waals surface area contributed by atoms with Gasteiger partial charge in [0.1, 0.15) is 5.01 Å². The van der Waals surface area contributed by atoms with Crippen molar-refractivity contribution in [3.8, 4) is 10.6 Å². The van der Waals surface area contributed by atoms with Gasteiger partial charge in [-0.25, -0.2) is 4.98 Å². The lowest BCUT2D eigenvalue weighted by molar-refractivity contribution is -0.255. The third kappa shape index (κ3) is 1.94. The maximum atomic E-state index is 11.0. The van der Waals surface area contributed by atoms with E-state index >= 15 is 0 Å². The molecule has 0 radical (unpaired) electrons. The van der Waals surface area contributed by atoms with Crippen LogP contribution in [-0.4, -0.2) is 15.9 Å². The van der Waals surface area contributed by atoms with E-state index in [1.165, 1.54) is 11.3 Å². The molecule has 0 amide bonds. The lowest BCUT2D eigenvalue weighted by atomic mass is 10.2. The predicted octanol–water partition coefficient (Wildman–Crippen LogP) is 1.19. The molecule has 0 unspecified atom stereocenters. The monoisotopic (exact) mass is 233 g/mol. The van der Waals surface area contributed by atoms with E-state index in [0.717, 1.165) is 5.69 Å². The number of nitrogens with zero attached hydrogens (tertiary/aromatic N) is 2. The Morgan fingerprint density at radius 3 is 2.56 bits per heavy atom. The second-order valence-electron chi connectivity index (χ2n) is 3.43. The summed E-state index contributed by atoms with van der Waals surface area (Å²) in [5, 5.41) is 13.5. The molecular formula is C11H9N2O2S-. The fraction of sp³-hybridized carbons (Fsp3) is 0.182. The molecule has 0 saturated heterocycles. The van der Waals surface area contributed by atoms with Crippen LogP contribution in [0.5, 0.6) is 0 Å². The molecule has 82 valence electrons. The molecule has 0 N–H and O–H groups in total. The number of carboxylic acid groups (broad SMARTS) is 1. The van der Waals surface area contributed by atoms with Crippen LogP contribution in [0.2, 0.25) is 0 Å². The Kier molecular flexibility index (Phi) is 2.70. The number of aromatic carboxylic acids is 1. The van der Waals surface area contributed by atoms with E-state index in [-0.39, 0.29) is 5.69 Å². The second-order valence-corrected chi connectivity index (χ2v) is 4.29. The Morgan fingerprint density at radius 1 is 1.25 bits per heavy atom. The van der Waals surface area contributed by atoms with Crippen LogP contribution in [0.1, 0.15) is 21.9 Å². The summed E-state index contributed by atoms with van der Waals surface area (Å²) in [5.41, 5.74) is 1.99. The molecule has 16 heavy (non-hydrogen) atoms. The lowest BCUT2D eigenvalue weighted by Crippen LogP contribution is -2.24. The number of pyridine rings is 1. The number of thiazole rings is 1. The summed E-state index contributed by atoms with van der Waals surface area (Å²) >= 11 is 1.40. The molecule has 0 aliphatic heterocycles. The smallest absolute Gasteiger partial charge is 0.125 e. The molecule has 0 aromatic carbocycles. The van der Waals surface area contributed by atoms with E-state index in [0.29, 0.717) is 16.3 Å². The third-order valence-electron chi connectivity index (χ3n) is 2.08. The zero-order chi connectivity index (χ0) is 11.7. The van der Waals surface area contributed by atoms with Gasteiger partial charge < -0.3 is 9.90 Å². The summed E-state index contributed by atoms with van der Waals surface area (Å²) in [6, 6.07) is 3.48. The maximum Gasteiger partial charge on any atom is 0.125 e. The molecular weight excluding hydrogens is 224 g/mol. The molecule has 2 aromatic heterocycles. The van der Waals surface area contributed by atoms with Gasteiger partial charge in [-0.15, -0.1) is 11.3 Å². The quantitative estimate of drug-likeness (QED) is 0.781. The molecule has 5 heteroatoms. The first-order valence-electron chi connectivity index (χ1n) is 4.69. The molecule has 2 heterocycles. The lowest BCUT2D eigenvalue weighted by Gasteiger charge is -2.07. The fourth-order valence-corrected chi connectivity index (χ4v) is 2.19. The Morgan fingerprint density at radius 2 is 2.00 bits per heavy atom. The van der Waals surface area contributed by atoms with Gasteiger partial charge in [-0.2, -0.15) is 0 Å². The van der Waals surface area contributed by atoms with Gasteiger partial charge in [0, 0.05) is 22.3 Å². The normalized spacial score (nSPS) is 10.4. The molecule has 2 rings (SSSR count). The van der Waals surface area contributed by atoms with Crippen LogP contribution in [-0.2, 0) is 0 Å². The van der Waals surface area contributed by atoms with Crippen LogP contribution < -0.4 is 5.11 Å². The molecule has 4 nitrogen and oxygen atoms in total. The third-order valence-corrected chi connectivity index (χ3v) is 3.07. The average molecular weight is 233 g/mol. The molecule has 0 aliphatic rings. The van der Waals surface area contributed by atoms with Crippen LogP contribution in [0.15, 0.2) is 17.5 Å². The first-order valence-corrected chi connectivity index (χ1v) is 5.57. The predicted molar refractivity (Wildman–Crippen MR) is 59.1 cm³/mol. The van der Waals surface area contributed by atoms with Crippen molar-refractivity contribution in [3.63, 3.8) is 0 Å². The van der Waals surface area contributed by atoms with E-state index in [1.54, 1.807) is 19.1 Å². The number of carbonyl (C=O) groups is 1. The summed E-state index contributed by atoms with van der Waals surface area (Å²) in [5.74, 6) is -1.27. The van der Waals surface area contributed by atoms with Gasteiger partial charge in [-0.3, -0.25) is 4.98 Å². The number of carbonyl (C=O) groups excluding carboxylic acids is 1. The minimum Gasteiger partial charge on any atom is -0.543 e. The molecule has 0 fully saturated rings.